The smallest absolute Gasteiger partial charge is 0.240 e. The lowest BCUT2D eigenvalue weighted by Crippen LogP contribution is -2.25. The van der Waals surface area contributed by atoms with Gasteiger partial charge < -0.3 is 10.2 Å². The summed E-state index contributed by atoms with van der Waals surface area (Å²) in [6.07, 6.45) is 3.92. The fraction of sp³-hybridized carbons (Fsp3) is 0.353. The van der Waals surface area contributed by atoms with Crippen LogP contribution in [0.25, 0.3) is 0 Å². The minimum absolute atomic E-state index is 0.0114. The van der Waals surface area contributed by atoms with Crippen LogP contribution in [0.1, 0.15) is 25.6 Å². The predicted octanol–water partition coefficient (Wildman–Crippen LogP) is 1.51. The summed E-state index contributed by atoms with van der Waals surface area (Å²) in [5, 5.41) is 2.60. The second kappa shape index (κ2) is 7.79. The molecule has 3 rings (SSSR count). The van der Waals surface area contributed by atoms with E-state index in [9.17, 15) is 13.2 Å². The highest BCUT2D eigenvalue weighted by molar-refractivity contribution is 7.89. The summed E-state index contributed by atoms with van der Waals surface area (Å²) < 4.78 is 27.3. The van der Waals surface area contributed by atoms with Gasteiger partial charge >= 0.3 is 0 Å². The van der Waals surface area contributed by atoms with E-state index in [-0.39, 0.29) is 17.3 Å². The largest absolute Gasteiger partial charge is 0.357 e. The number of anilines is 2. The summed E-state index contributed by atoms with van der Waals surface area (Å²) >= 11 is 0. The Bertz CT molecular complexity index is 878. The number of hydrogen-bond donors (Lipinski definition) is 2. The molecule has 2 N–H and O–H groups in total. The Balaban J connectivity index is 1.66. The molecule has 1 fully saturated rings. The van der Waals surface area contributed by atoms with Crippen molar-refractivity contribution in [3.63, 3.8) is 0 Å². The van der Waals surface area contributed by atoms with Crippen molar-refractivity contribution in [2.45, 2.75) is 31.2 Å². The Kier molecular flexibility index (Phi) is 5.48. The molecule has 26 heavy (non-hydrogen) atoms. The molecule has 1 aromatic carbocycles. The van der Waals surface area contributed by atoms with Crippen molar-refractivity contribution in [3.05, 3.63) is 42.4 Å². The molecule has 138 valence electrons. The first kappa shape index (κ1) is 18.3. The van der Waals surface area contributed by atoms with Crippen molar-refractivity contribution in [3.8, 4) is 0 Å². The molecule has 0 bridgehead atoms. The van der Waals surface area contributed by atoms with Crippen molar-refractivity contribution in [1.29, 1.82) is 0 Å². The number of sulfonamides is 1. The Morgan fingerprint density at radius 2 is 1.85 bits per heavy atom. The van der Waals surface area contributed by atoms with Crippen LogP contribution in [0.4, 0.5) is 11.5 Å². The maximum atomic E-state index is 12.4. The SMILES string of the molecule is CC(=O)Nc1ccc(S(=O)(=O)NCc2nccc(N3CCCC3)n2)cc1. The van der Waals surface area contributed by atoms with Crippen LogP contribution in [0.3, 0.4) is 0 Å². The molecular weight excluding hydrogens is 354 g/mol. The van der Waals surface area contributed by atoms with Crippen LogP contribution in [0.2, 0.25) is 0 Å². The number of nitrogens with one attached hydrogen (secondary N) is 2. The van der Waals surface area contributed by atoms with E-state index in [4.69, 9.17) is 0 Å². The number of nitrogens with zero attached hydrogens (tertiary/aromatic N) is 3. The van der Waals surface area contributed by atoms with Gasteiger partial charge in [0.25, 0.3) is 0 Å². The molecule has 0 saturated carbocycles. The highest BCUT2D eigenvalue weighted by Crippen LogP contribution is 2.17. The Hall–Kier alpha value is -2.52. The van der Waals surface area contributed by atoms with Crippen LogP contribution in [0, 0.1) is 0 Å². The molecule has 9 heteroatoms. The predicted molar refractivity (Wildman–Crippen MR) is 98.3 cm³/mol. The minimum atomic E-state index is -3.69. The first-order chi connectivity index (χ1) is 12.4. The molecule has 1 aromatic heterocycles. The minimum Gasteiger partial charge on any atom is -0.357 e. The molecule has 1 saturated heterocycles. The van der Waals surface area contributed by atoms with Crippen LogP contribution in [-0.4, -0.2) is 37.4 Å². The number of aromatic nitrogens is 2. The van der Waals surface area contributed by atoms with Gasteiger partial charge in [-0.2, -0.15) is 0 Å². The maximum Gasteiger partial charge on any atom is 0.240 e. The molecule has 8 nitrogen and oxygen atoms in total. The van der Waals surface area contributed by atoms with E-state index in [0.29, 0.717) is 11.5 Å². The lowest BCUT2D eigenvalue weighted by atomic mass is 10.3. The zero-order valence-corrected chi connectivity index (χ0v) is 15.3. The van der Waals surface area contributed by atoms with Gasteiger partial charge in [0.05, 0.1) is 11.4 Å². The molecule has 1 aliphatic rings. The first-order valence-corrected chi connectivity index (χ1v) is 9.86. The lowest BCUT2D eigenvalue weighted by Gasteiger charge is -2.16. The second-order valence-electron chi connectivity index (χ2n) is 6.06. The van der Waals surface area contributed by atoms with Gasteiger partial charge in [0.1, 0.15) is 11.6 Å². The number of carbonyl (C=O) groups excluding carboxylic acids is 1. The molecule has 0 atom stereocenters. The van der Waals surface area contributed by atoms with E-state index in [0.717, 1.165) is 31.7 Å². The summed E-state index contributed by atoms with van der Waals surface area (Å²) in [6.45, 7) is 3.32. The van der Waals surface area contributed by atoms with Crippen molar-refractivity contribution >= 4 is 27.4 Å². The highest BCUT2D eigenvalue weighted by atomic mass is 32.2. The van der Waals surface area contributed by atoms with Crippen molar-refractivity contribution in [2.75, 3.05) is 23.3 Å². The van der Waals surface area contributed by atoms with Crippen LogP contribution >= 0.6 is 0 Å². The Labute approximate surface area is 152 Å². The molecule has 0 aliphatic carbocycles. The van der Waals surface area contributed by atoms with Crippen LogP contribution < -0.4 is 14.9 Å². The van der Waals surface area contributed by atoms with E-state index in [1.807, 2.05) is 6.07 Å². The lowest BCUT2D eigenvalue weighted by molar-refractivity contribution is -0.114. The maximum absolute atomic E-state index is 12.4. The molecule has 0 radical (unpaired) electrons. The summed E-state index contributed by atoms with van der Waals surface area (Å²) in [5.41, 5.74) is 0.540. The number of amides is 1. The Morgan fingerprint density at radius 3 is 2.50 bits per heavy atom. The third kappa shape index (κ3) is 4.55. The van der Waals surface area contributed by atoms with Gasteiger partial charge in [-0.3, -0.25) is 4.79 Å². The van der Waals surface area contributed by atoms with E-state index >= 15 is 0 Å². The van der Waals surface area contributed by atoms with Crippen LogP contribution in [-0.2, 0) is 21.4 Å². The molecule has 1 amide bonds. The zero-order valence-electron chi connectivity index (χ0n) is 14.5. The third-order valence-corrected chi connectivity index (χ3v) is 5.44. The normalized spacial score (nSPS) is 14.4. The van der Waals surface area contributed by atoms with Crippen molar-refractivity contribution in [2.24, 2.45) is 0 Å². The number of hydrogen-bond acceptors (Lipinski definition) is 6. The van der Waals surface area contributed by atoms with E-state index in [2.05, 4.69) is 24.9 Å². The third-order valence-electron chi connectivity index (χ3n) is 4.03. The molecule has 0 spiro atoms. The van der Waals surface area contributed by atoms with Gasteiger partial charge in [-0.05, 0) is 43.2 Å². The monoisotopic (exact) mass is 375 g/mol. The van der Waals surface area contributed by atoms with Gasteiger partial charge in [0.15, 0.2) is 0 Å². The summed E-state index contributed by atoms with van der Waals surface area (Å²) in [6, 6.07) is 7.80. The van der Waals surface area contributed by atoms with Gasteiger partial charge in [0, 0.05) is 31.9 Å². The standard InChI is InChI=1S/C17H21N5O3S/c1-13(23)20-14-4-6-15(7-5-14)26(24,25)19-12-16-18-9-8-17(21-16)22-10-2-3-11-22/h4-9,19H,2-3,10-12H2,1H3,(H,20,23). The summed E-state index contributed by atoms with van der Waals surface area (Å²) in [5.74, 6) is 1.04. The quantitative estimate of drug-likeness (QED) is 0.793. The van der Waals surface area contributed by atoms with E-state index < -0.39 is 10.0 Å². The highest BCUT2D eigenvalue weighted by Gasteiger charge is 2.17. The molecular formula is C17H21N5O3S. The number of rotatable bonds is 6. The van der Waals surface area contributed by atoms with Gasteiger partial charge in [0.2, 0.25) is 15.9 Å². The van der Waals surface area contributed by atoms with Gasteiger partial charge in [-0.15, -0.1) is 0 Å². The van der Waals surface area contributed by atoms with Crippen molar-refractivity contribution in [1.82, 2.24) is 14.7 Å². The molecule has 0 unspecified atom stereocenters. The second-order valence-corrected chi connectivity index (χ2v) is 7.82. The summed E-state index contributed by atoms with van der Waals surface area (Å²) in [4.78, 5) is 21.9. The van der Waals surface area contributed by atoms with E-state index in [1.54, 1.807) is 18.3 Å². The van der Waals surface area contributed by atoms with Gasteiger partial charge in [-0.25, -0.2) is 23.1 Å². The molecule has 1 aliphatic heterocycles. The fourth-order valence-electron chi connectivity index (χ4n) is 2.76. The number of benzene rings is 1. The first-order valence-electron chi connectivity index (χ1n) is 8.38. The topological polar surface area (TPSA) is 104 Å². The van der Waals surface area contributed by atoms with Gasteiger partial charge in [-0.1, -0.05) is 0 Å². The molecule has 2 heterocycles. The summed E-state index contributed by atoms with van der Waals surface area (Å²) in [7, 11) is -3.69. The van der Waals surface area contributed by atoms with Crippen molar-refractivity contribution < 1.29 is 13.2 Å². The molecule has 2 aromatic rings. The number of carbonyl (C=O) groups is 1. The zero-order chi connectivity index (χ0) is 18.6. The van der Waals surface area contributed by atoms with Crippen LogP contribution in [0.15, 0.2) is 41.4 Å². The average Bonchev–Trinajstić information content (AvgIpc) is 3.15. The average molecular weight is 375 g/mol. The van der Waals surface area contributed by atoms with Crippen LogP contribution in [0.5, 0.6) is 0 Å². The van der Waals surface area contributed by atoms with E-state index in [1.165, 1.54) is 19.1 Å². The fourth-order valence-corrected chi connectivity index (χ4v) is 3.74. The Morgan fingerprint density at radius 1 is 1.15 bits per heavy atom.